The number of nitrogens with two attached hydrogens (primary N) is 1. The monoisotopic (exact) mass is 1240 g/mol. The van der Waals surface area contributed by atoms with Gasteiger partial charge < -0.3 is 65.7 Å². The molecule has 4 heterocycles. The third-order valence-electron chi connectivity index (χ3n) is 15.6. The molecule has 4 fully saturated rings. The number of carboxylic acid groups (broad SMARTS) is 1. The van der Waals surface area contributed by atoms with Crippen LogP contribution >= 0.6 is 23.2 Å². The Kier molecular flexibility index (Phi) is 23.6. The molecule has 1 unspecified atom stereocenters. The maximum Gasteiger partial charge on any atom is 0.308 e. The summed E-state index contributed by atoms with van der Waals surface area (Å²) in [4.78, 5) is 33.3. The van der Waals surface area contributed by atoms with Gasteiger partial charge in [-0.3, -0.25) is 9.59 Å². The third-order valence-corrected chi connectivity index (χ3v) is 16.2. The Labute approximate surface area is 513 Å². The minimum atomic E-state index is -1.00. The fourth-order valence-electron chi connectivity index (χ4n) is 11.0. The molecule has 0 bridgehead atoms. The maximum atomic E-state index is 13.6. The van der Waals surface area contributed by atoms with E-state index in [0.717, 1.165) is 85.0 Å². The van der Waals surface area contributed by atoms with Crippen LogP contribution in [0.2, 0.25) is 10.0 Å². The van der Waals surface area contributed by atoms with Crippen molar-refractivity contribution in [2.75, 3.05) is 88.5 Å². The van der Waals surface area contributed by atoms with Crippen LogP contribution in [0.1, 0.15) is 89.6 Å². The molecule has 6 atom stereocenters. The number of hydrogen-bond donors (Lipinski definition) is 7. The normalized spacial score (nSPS) is 19.0. The van der Waals surface area contributed by atoms with Crippen LogP contribution in [-0.4, -0.2) is 149 Å². The molecule has 0 aliphatic carbocycles. The second-order valence-electron chi connectivity index (χ2n) is 23.8. The molecule has 4 aliphatic rings. The standard InChI is InChI=1S/C32H39ClFN3O4.C17H27ClN2O3.C15H14FNO2.V/c1-32(2,40)20-41-29-10-7-23(17-27(29)33)30(38)28(19-36-12-3-4-13-36)35-31(39)24-11-14-37(18-24)26-9-6-21-15-25(34)8-5-22(21)16-26;1-17(2,22)11-23-15-6-5-12(9-13(15)18)16(21)14(19)10-20-7-3-4-8-20;16-13-3-1-11-8-14(4-2-10(11)7-13)17-6-5-12(9-17)15(18)19;/h5-10,15-17,24,28,30,38,40H,3-4,11-14,18-20H2,1-2H3,(H,35,39);5-6,9,14,16,21-22H,3-4,7-8,10-11,19H2,1-2H3;1-4,7-8,12H,5-6,9H2,(H,18,19);/t24-,28-,30-;14-,16?;12-;/m111./s1. The first-order valence-corrected chi connectivity index (χ1v) is 29.5. The van der Waals surface area contributed by atoms with Crippen molar-refractivity contribution in [2.24, 2.45) is 17.6 Å². The zero-order chi connectivity index (χ0) is 59.6. The van der Waals surface area contributed by atoms with E-state index < -0.39 is 35.4 Å². The molecular formula is C64H80Cl2F2N6O9V. The van der Waals surface area contributed by atoms with Gasteiger partial charge in [0.25, 0.3) is 0 Å². The summed E-state index contributed by atoms with van der Waals surface area (Å²) in [6.45, 7) is 14.6. The average Bonchev–Trinajstić information content (AvgIpc) is 3.73. The Morgan fingerprint density at radius 3 is 1.46 bits per heavy atom. The number of amides is 1. The van der Waals surface area contributed by atoms with E-state index in [1.54, 1.807) is 76.2 Å². The van der Waals surface area contributed by atoms with Crippen LogP contribution in [0.4, 0.5) is 20.2 Å². The van der Waals surface area contributed by atoms with E-state index in [2.05, 4.69) is 24.9 Å². The van der Waals surface area contributed by atoms with Gasteiger partial charge in [0.05, 0.1) is 45.2 Å². The predicted molar refractivity (Wildman–Crippen MR) is 324 cm³/mol. The zero-order valence-corrected chi connectivity index (χ0v) is 51.2. The fourth-order valence-corrected chi connectivity index (χ4v) is 11.4. The smallest absolute Gasteiger partial charge is 0.308 e. The van der Waals surface area contributed by atoms with E-state index in [4.69, 9.17) is 43.5 Å². The van der Waals surface area contributed by atoms with Crippen LogP contribution in [0.3, 0.4) is 0 Å². The number of halogens is 4. The summed E-state index contributed by atoms with van der Waals surface area (Å²) in [5.41, 5.74) is 7.48. The number of benzene rings is 6. The van der Waals surface area contributed by atoms with Gasteiger partial charge in [-0.05, 0) is 198 Å². The summed E-state index contributed by atoms with van der Waals surface area (Å²) in [6, 6.07) is 30.5. The van der Waals surface area contributed by atoms with Gasteiger partial charge in [0.15, 0.2) is 0 Å². The molecule has 453 valence electrons. The van der Waals surface area contributed by atoms with Crippen molar-refractivity contribution < 1.29 is 71.9 Å². The average molecular weight is 1240 g/mol. The Balaban J connectivity index is 0.000000198. The van der Waals surface area contributed by atoms with Crippen LogP contribution in [0.5, 0.6) is 11.5 Å². The molecule has 1 radical (unpaired) electrons. The number of nitrogens with zero attached hydrogens (tertiary/aromatic N) is 4. The Morgan fingerprint density at radius 2 is 1.02 bits per heavy atom. The van der Waals surface area contributed by atoms with Crippen molar-refractivity contribution in [1.82, 2.24) is 15.1 Å². The number of aliphatic carboxylic acids is 1. The number of rotatable bonds is 19. The molecule has 8 N–H and O–H groups in total. The summed E-state index contributed by atoms with van der Waals surface area (Å²) in [7, 11) is 0. The molecule has 0 aromatic heterocycles. The largest absolute Gasteiger partial charge is 0.489 e. The Hall–Kier alpha value is -5.28. The Bertz CT molecular complexity index is 3160. The predicted octanol–water partition coefficient (Wildman–Crippen LogP) is 9.76. The first-order valence-electron chi connectivity index (χ1n) is 28.7. The Morgan fingerprint density at radius 1 is 0.607 bits per heavy atom. The molecule has 6 aromatic rings. The number of carbonyl (C=O) groups is 2. The zero-order valence-electron chi connectivity index (χ0n) is 48.3. The number of fused-ring (bicyclic) bond motifs is 2. The number of ether oxygens (including phenoxy) is 2. The second-order valence-corrected chi connectivity index (χ2v) is 24.6. The number of carboxylic acids is 1. The number of anilines is 2. The minimum Gasteiger partial charge on any atom is -0.489 e. The van der Waals surface area contributed by atoms with E-state index in [9.17, 15) is 38.8 Å². The number of nitrogens with one attached hydrogen (secondary N) is 1. The molecule has 15 nitrogen and oxygen atoms in total. The van der Waals surface area contributed by atoms with Gasteiger partial charge in [0, 0.05) is 75.2 Å². The molecule has 84 heavy (non-hydrogen) atoms. The van der Waals surface area contributed by atoms with Crippen LogP contribution in [0, 0.1) is 23.5 Å². The van der Waals surface area contributed by atoms with E-state index in [1.165, 1.54) is 37.1 Å². The van der Waals surface area contributed by atoms with Crippen LogP contribution in [-0.2, 0) is 28.1 Å². The van der Waals surface area contributed by atoms with Crippen molar-refractivity contribution in [3.05, 3.63) is 142 Å². The summed E-state index contributed by atoms with van der Waals surface area (Å²) in [6.07, 6.45) is 4.26. The first kappa shape index (κ1) is 66.3. The number of aliphatic hydroxyl groups is 4. The van der Waals surface area contributed by atoms with Crippen molar-refractivity contribution in [2.45, 2.75) is 102 Å². The van der Waals surface area contributed by atoms with Crippen molar-refractivity contribution in [1.29, 1.82) is 0 Å². The quantitative estimate of drug-likeness (QED) is 0.0404. The second kappa shape index (κ2) is 29.9. The van der Waals surface area contributed by atoms with E-state index in [0.29, 0.717) is 71.7 Å². The minimum absolute atomic E-state index is 0. The van der Waals surface area contributed by atoms with Crippen molar-refractivity contribution in [3.63, 3.8) is 0 Å². The molecular weight excluding hydrogens is 1160 g/mol. The summed E-state index contributed by atoms with van der Waals surface area (Å²) < 4.78 is 37.8. The summed E-state index contributed by atoms with van der Waals surface area (Å²) >= 11 is 12.7. The first-order chi connectivity index (χ1) is 39.4. The molecule has 4 aliphatic heterocycles. The molecule has 1 amide bonds. The van der Waals surface area contributed by atoms with Gasteiger partial charge in [-0.25, -0.2) is 8.78 Å². The molecule has 10 rings (SSSR count). The van der Waals surface area contributed by atoms with Gasteiger partial charge in [-0.2, -0.15) is 0 Å². The van der Waals surface area contributed by atoms with E-state index in [1.807, 2.05) is 36.4 Å². The van der Waals surface area contributed by atoms with Gasteiger partial charge in [-0.15, -0.1) is 0 Å². The van der Waals surface area contributed by atoms with Crippen LogP contribution < -0.4 is 30.3 Å². The summed E-state index contributed by atoms with van der Waals surface area (Å²) in [5.74, 6) is -0.899. The molecule has 6 aromatic carbocycles. The van der Waals surface area contributed by atoms with Crippen molar-refractivity contribution >= 4 is 68.0 Å². The van der Waals surface area contributed by atoms with Crippen LogP contribution in [0.15, 0.2) is 109 Å². The number of carbonyl (C=O) groups excluding carboxylic acids is 1. The van der Waals surface area contributed by atoms with E-state index in [-0.39, 0.29) is 67.2 Å². The van der Waals surface area contributed by atoms with Crippen molar-refractivity contribution in [3.8, 4) is 11.5 Å². The molecule has 0 saturated carbocycles. The molecule has 20 heteroatoms. The van der Waals surface area contributed by atoms with E-state index >= 15 is 0 Å². The number of likely N-dealkylation sites (tertiary alicyclic amines) is 2. The van der Waals surface area contributed by atoms with Crippen LogP contribution in [0.25, 0.3) is 21.5 Å². The maximum absolute atomic E-state index is 13.6. The molecule has 4 saturated heterocycles. The number of hydrogen-bond acceptors (Lipinski definition) is 13. The fraction of sp³-hybridized carbons (Fsp3) is 0.469. The van der Waals surface area contributed by atoms with Gasteiger partial charge in [0.2, 0.25) is 5.91 Å². The van der Waals surface area contributed by atoms with Gasteiger partial charge >= 0.3 is 5.97 Å². The number of aliphatic hydroxyl groups excluding tert-OH is 2. The topological polar surface area (TPSA) is 205 Å². The third kappa shape index (κ3) is 18.9. The molecule has 0 spiro atoms. The summed E-state index contributed by atoms with van der Waals surface area (Å²) in [5, 5.41) is 58.1. The van der Waals surface area contributed by atoms with Gasteiger partial charge in [0.1, 0.15) is 42.5 Å². The van der Waals surface area contributed by atoms with Gasteiger partial charge in [-0.1, -0.05) is 59.6 Å². The SMILES string of the molecule is CC(C)(O)COc1ccc(C(O)[C@H](N)CN2CCCC2)cc1Cl.CC(C)(O)COc1ccc([C@@H](O)[C@@H](CN2CCCC2)NC(=O)[C@@H]2CCN(c3ccc4cc(F)ccc4c3)C2)cc1Cl.O=C(O)[C@@H]1CCN(c2ccc3cc(F)ccc3c2)C1.[V].